The van der Waals surface area contributed by atoms with Crippen molar-refractivity contribution in [3.63, 3.8) is 0 Å². The first-order valence-corrected chi connectivity index (χ1v) is 18.1. The summed E-state index contributed by atoms with van der Waals surface area (Å²) in [6.45, 7) is 4.53. The van der Waals surface area contributed by atoms with Crippen molar-refractivity contribution in [3.05, 3.63) is 0 Å². The molecule has 0 fully saturated rings. The van der Waals surface area contributed by atoms with E-state index in [1.165, 1.54) is 148 Å². The van der Waals surface area contributed by atoms with Gasteiger partial charge in [-0.2, -0.15) is 0 Å². The van der Waals surface area contributed by atoms with Gasteiger partial charge in [0.05, 0.1) is 0 Å². The van der Waals surface area contributed by atoms with Crippen molar-refractivity contribution in [1.82, 2.24) is 0 Å². The van der Waals surface area contributed by atoms with Gasteiger partial charge in [0.1, 0.15) is 5.92 Å². The van der Waals surface area contributed by atoms with E-state index in [1.807, 2.05) is 0 Å². The molecule has 0 amide bonds. The summed E-state index contributed by atoms with van der Waals surface area (Å²) in [7, 11) is 0. The minimum Gasteiger partial charge on any atom is -0.481 e. The molecule has 0 radical (unpaired) electrons. The number of rotatable bonds is 33. The lowest BCUT2D eigenvalue weighted by Gasteiger charge is -2.28. The molecule has 3 N–H and O–H groups in total. The molecular formula is C36H72O4. The molecule has 0 saturated carbocycles. The summed E-state index contributed by atoms with van der Waals surface area (Å²) < 4.78 is 0. The molecule has 0 bridgehead atoms. The van der Waals surface area contributed by atoms with E-state index in [0.717, 1.165) is 32.1 Å². The van der Waals surface area contributed by atoms with Crippen LogP contribution in [0.1, 0.15) is 213 Å². The molecule has 0 aliphatic heterocycles. The molecular weight excluding hydrogens is 496 g/mol. The SMILES string of the molecule is CCCCCCCCCCCCCCCCCC(O)(O)C(CCCCCCCCCCCCCCCC)C(=O)O. The molecule has 4 heteroatoms. The third kappa shape index (κ3) is 26.3. The Balaban J connectivity index is 3.67. The molecule has 0 aliphatic carbocycles. The van der Waals surface area contributed by atoms with Gasteiger partial charge in [-0.15, -0.1) is 0 Å². The third-order valence-electron chi connectivity index (χ3n) is 8.85. The van der Waals surface area contributed by atoms with Crippen LogP contribution in [0.2, 0.25) is 0 Å². The molecule has 4 nitrogen and oxygen atoms in total. The van der Waals surface area contributed by atoms with Crippen LogP contribution < -0.4 is 0 Å². The minimum atomic E-state index is -2.08. The molecule has 1 unspecified atom stereocenters. The number of hydrogen-bond donors (Lipinski definition) is 3. The second kappa shape index (κ2) is 29.9. The van der Waals surface area contributed by atoms with E-state index >= 15 is 0 Å². The van der Waals surface area contributed by atoms with Crippen LogP contribution >= 0.6 is 0 Å². The molecule has 0 aromatic carbocycles. The van der Waals surface area contributed by atoms with Crippen molar-refractivity contribution in [2.75, 3.05) is 0 Å². The summed E-state index contributed by atoms with van der Waals surface area (Å²) in [5, 5.41) is 30.7. The molecule has 0 heterocycles. The molecule has 0 aromatic heterocycles. The Labute approximate surface area is 250 Å². The van der Waals surface area contributed by atoms with E-state index in [-0.39, 0.29) is 6.42 Å². The molecule has 0 rings (SSSR count). The zero-order valence-electron chi connectivity index (χ0n) is 27.2. The van der Waals surface area contributed by atoms with Gasteiger partial charge in [-0.25, -0.2) is 0 Å². The van der Waals surface area contributed by atoms with Crippen molar-refractivity contribution in [2.24, 2.45) is 5.92 Å². The number of carboxylic acids is 1. The highest BCUT2D eigenvalue weighted by Gasteiger charge is 2.38. The van der Waals surface area contributed by atoms with E-state index in [1.54, 1.807) is 0 Å². The number of unbranched alkanes of at least 4 members (excludes halogenated alkanes) is 27. The van der Waals surface area contributed by atoms with Crippen LogP contribution in [0.25, 0.3) is 0 Å². The van der Waals surface area contributed by atoms with Crippen LogP contribution in [0, 0.1) is 5.92 Å². The van der Waals surface area contributed by atoms with Gasteiger partial charge < -0.3 is 15.3 Å². The smallest absolute Gasteiger partial charge is 0.311 e. The van der Waals surface area contributed by atoms with Crippen LogP contribution in [0.15, 0.2) is 0 Å². The largest absolute Gasteiger partial charge is 0.481 e. The zero-order valence-corrected chi connectivity index (χ0v) is 27.2. The second-order valence-electron chi connectivity index (χ2n) is 12.9. The van der Waals surface area contributed by atoms with Gasteiger partial charge in [0.2, 0.25) is 0 Å². The first-order valence-electron chi connectivity index (χ1n) is 18.1. The summed E-state index contributed by atoms with van der Waals surface area (Å²) in [6.07, 6.45) is 37.0. The highest BCUT2D eigenvalue weighted by Crippen LogP contribution is 2.27. The zero-order chi connectivity index (χ0) is 29.6. The van der Waals surface area contributed by atoms with Crippen molar-refractivity contribution < 1.29 is 20.1 Å². The van der Waals surface area contributed by atoms with Crippen LogP contribution in [0.5, 0.6) is 0 Å². The summed E-state index contributed by atoms with van der Waals surface area (Å²) in [5.41, 5.74) is 0. The number of hydrogen-bond acceptors (Lipinski definition) is 3. The molecule has 0 aliphatic rings. The maximum atomic E-state index is 11.8. The van der Waals surface area contributed by atoms with Crippen LogP contribution in [0.4, 0.5) is 0 Å². The summed E-state index contributed by atoms with van der Waals surface area (Å²) in [6, 6.07) is 0. The lowest BCUT2D eigenvalue weighted by molar-refractivity contribution is -0.215. The molecule has 40 heavy (non-hydrogen) atoms. The molecule has 0 aromatic rings. The number of carboxylic acid groups (broad SMARTS) is 1. The maximum absolute atomic E-state index is 11.8. The van der Waals surface area contributed by atoms with E-state index in [2.05, 4.69) is 13.8 Å². The second-order valence-corrected chi connectivity index (χ2v) is 12.9. The average molecular weight is 569 g/mol. The Morgan fingerprint density at radius 3 is 0.975 bits per heavy atom. The number of carbonyl (C=O) groups is 1. The van der Waals surface area contributed by atoms with Crippen LogP contribution in [0.3, 0.4) is 0 Å². The van der Waals surface area contributed by atoms with Gasteiger partial charge in [-0.3, -0.25) is 4.79 Å². The maximum Gasteiger partial charge on any atom is 0.311 e. The Bertz CT molecular complexity index is 519. The van der Waals surface area contributed by atoms with Gasteiger partial charge in [-0.05, 0) is 12.8 Å². The first kappa shape index (κ1) is 39.4. The van der Waals surface area contributed by atoms with E-state index in [0.29, 0.717) is 12.8 Å². The molecule has 0 saturated heterocycles. The van der Waals surface area contributed by atoms with Gasteiger partial charge in [0.15, 0.2) is 5.79 Å². The van der Waals surface area contributed by atoms with Gasteiger partial charge in [0, 0.05) is 6.42 Å². The van der Waals surface area contributed by atoms with Crippen LogP contribution in [-0.4, -0.2) is 27.1 Å². The summed E-state index contributed by atoms with van der Waals surface area (Å²) >= 11 is 0. The van der Waals surface area contributed by atoms with Gasteiger partial charge in [0.25, 0.3) is 0 Å². The third-order valence-corrected chi connectivity index (χ3v) is 8.85. The fourth-order valence-corrected chi connectivity index (χ4v) is 6.03. The monoisotopic (exact) mass is 569 g/mol. The quantitative estimate of drug-likeness (QED) is 0.0543. The fraction of sp³-hybridized carbons (Fsp3) is 0.972. The predicted molar refractivity (Wildman–Crippen MR) is 173 cm³/mol. The first-order chi connectivity index (χ1) is 19.5. The standard InChI is InChI=1S/C36H72O4/c1-3-5-7-9-11-13-15-17-19-21-23-25-27-29-31-33-36(39,40)34(35(37)38)32-30-28-26-24-22-20-18-16-14-12-10-8-6-4-2/h34,39-40H,3-33H2,1-2H3,(H,37,38). The lowest BCUT2D eigenvalue weighted by Crippen LogP contribution is -2.42. The van der Waals surface area contributed by atoms with Crippen molar-refractivity contribution in [3.8, 4) is 0 Å². The Hall–Kier alpha value is -0.610. The highest BCUT2D eigenvalue weighted by molar-refractivity contribution is 5.71. The summed E-state index contributed by atoms with van der Waals surface area (Å²) in [5.74, 6) is -4.23. The predicted octanol–water partition coefficient (Wildman–Crippen LogP) is 11.5. The Morgan fingerprint density at radius 1 is 0.450 bits per heavy atom. The Kier molecular flexibility index (Phi) is 29.4. The van der Waals surface area contributed by atoms with Gasteiger partial charge in [-0.1, -0.05) is 194 Å². The average Bonchev–Trinajstić information content (AvgIpc) is 2.92. The van der Waals surface area contributed by atoms with E-state index < -0.39 is 17.7 Å². The number of aliphatic hydroxyl groups is 2. The normalized spacial score (nSPS) is 12.7. The molecule has 240 valence electrons. The van der Waals surface area contributed by atoms with Crippen molar-refractivity contribution in [1.29, 1.82) is 0 Å². The van der Waals surface area contributed by atoms with Crippen LogP contribution in [-0.2, 0) is 4.79 Å². The van der Waals surface area contributed by atoms with Crippen molar-refractivity contribution in [2.45, 2.75) is 219 Å². The fourth-order valence-electron chi connectivity index (χ4n) is 6.03. The van der Waals surface area contributed by atoms with E-state index in [9.17, 15) is 20.1 Å². The molecule has 1 atom stereocenters. The van der Waals surface area contributed by atoms with Gasteiger partial charge >= 0.3 is 5.97 Å². The summed E-state index contributed by atoms with van der Waals surface area (Å²) in [4.78, 5) is 11.8. The highest BCUT2D eigenvalue weighted by atomic mass is 16.5. The minimum absolute atomic E-state index is 0.167. The lowest BCUT2D eigenvalue weighted by atomic mass is 9.88. The Morgan fingerprint density at radius 2 is 0.700 bits per heavy atom. The topological polar surface area (TPSA) is 77.8 Å². The van der Waals surface area contributed by atoms with Crippen molar-refractivity contribution >= 4 is 5.97 Å². The molecule has 0 spiro atoms. The number of aliphatic carboxylic acids is 1. The van der Waals surface area contributed by atoms with E-state index in [4.69, 9.17) is 0 Å².